The summed E-state index contributed by atoms with van der Waals surface area (Å²) in [5, 5.41) is 18.0. The van der Waals surface area contributed by atoms with E-state index in [4.69, 9.17) is 15.3 Å². The first-order valence-electron chi connectivity index (χ1n) is 5.35. The van der Waals surface area contributed by atoms with Gasteiger partial charge in [-0.1, -0.05) is 0 Å². The van der Waals surface area contributed by atoms with Crippen LogP contribution in [-0.2, 0) is 14.9 Å². The van der Waals surface area contributed by atoms with Gasteiger partial charge in [0.25, 0.3) is 0 Å². The molecule has 0 aliphatic rings. The van der Waals surface area contributed by atoms with Gasteiger partial charge in [-0.05, 0) is 19.9 Å². The molecule has 0 amide bonds. The summed E-state index contributed by atoms with van der Waals surface area (Å²) < 4.78 is 4.92. The van der Waals surface area contributed by atoms with E-state index in [0.717, 1.165) is 0 Å². The molecule has 1 atom stereocenters. The van der Waals surface area contributed by atoms with Crippen LogP contribution in [0.2, 0.25) is 0 Å². The van der Waals surface area contributed by atoms with Crippen LogP contribution in [0.5, 0.6) is 0 Å². The van der Waals surface area contributed by atoms with Gasteiger partial charge in [0.1, 0.15) is 5.82 Å². The molecule has 0 N–H and O–H groups in total. The zero-order valence-corrected chi connectivity index (χ0v) is 10.1. The molecule has 0 radical (unpaired) electrons. The average Bonchev–Trinajstić information content (AvgIpc) is 2.41. The van der Waals surface area contributed by atoms with Crippen LogP contribution in [0.3, 0.4) is 0 Å². The van der Waals surface area contributed by atoms with Crippen LogP contribution in [0.25, 0.3) is 0 Å². The summed E-state index contributed by atoms with van der Waals surface area (Å²) in [7, 11) is 0. The van der Waals surface area contributed by atoms with Crippen LogP contribution in [0, 0.1) is 28.6 Å². The molecule has 0 aliphatic heterocycles. The fraction of sp³-hybridized carbons (Fsp3) is 0.417. The van der Waals surface area contributed by atoms with Crippen LogP contribution in [-0.4, -0.2) is 22.5 Å². The highest BCUT2D eigenvalue weighted by Gasteiger charge is 2.47. The van der Waals surface area contributed by atoms with Crippen molar-refractivity contribution >= 4 is 5.97 Å². The van der Waals surface area contributed by atoms with Gasteiger partial charge in [-0.25, -0.2) is 9.97 Å². The Morgan fingerprint density at radius 3 is 2.44 bits per heavy atom. The highest BCUT2D eigenvalue weighted by Crippen LogP contribution is 2.30. The van der Waals surface area contributed by atoms with Crippen LogP contribution in [0.1, 0.15) is 19.7 Å². The predicted octanol–water partition coefficient (Wildman–Crippen LogP) is 0.961. The smallest absolute Gasteiger partial charge is 0.322 e. The molecule has 0 fully saturated rings. The Hall–Kier alpha value is -2.47. The summed E-state index contributed by atoms with van der Waals surface area (Å²) in [5.74, 6) is -1.78. The van der Waals surface area contributed by atoms with E-state index in [1.165, 1.54) is 19.3 Å². The topological polar surface area (TPSA) is 99.7 Å². The molecule has 0 spiro atoms. The molecule has 92 valence electrons. The lowest BCUT2D eigenvalue weighted by molar-refractivity contribution is -0.150. The molecule has 1 aromatic heterocycles. The number of carbonyl (C=O) groups excluding carboxylic acids is 1. The Morgan fingerprint density at radius 2 is 2.00 bits per heavy atom. The first-order valence-corrected chi connectivity index (χ1v) is 5.35. The maximum atomic E-state index is 12.0. The molecule has 0 saturated carbocycles. The Morgan fingerprint density at radius 1 is 1.44 bits per heavy atom. The van der Waals surface area contributed by atoms with Gasteiger partial charge in [0.2, 0.25) is 0 Å². The second-order valence-corrected chi connectivity index (χ2v) is 3.69. The largest absolute Gasteiger partial charge is 0.465 e. The molecule has 6 nitrogen and oxygen atoms in total. The molecule has 18 heavy (non-hydrogen) atoms. The fourth-order valence-electron chi connectivity index (χ4n) is 1.47. The number of carbonyl (C=O) groups is 1. The number of nitriles is 2. The van der Waals surface area contributed by atoms with Crippen molar-refractivity contribution in [1.29, 1.82) is 10.5 Å². The average molecular weight is 244 g/mol. The SMILES string of the molecule is CCOC(=O)C(C)(c1ncccn1)C(C#N)C#N. The zero-order chi connectivity index (χ0) is 13.6. The van der Waals surface area contributed by atoms with Crippen molar-refractivity contribution in [3.63, 3.8) is 0 Å². The lowest BCUT2D eigenvalue weighted by atomic mass is 9.77. The minimum absolute atomic E-state index is 0.108. The molecular weight excluding hydrogens is 232 g/mol. The maximum Gasteiger partial charge on any atom is 0.322 e. The Bertz CT molecular complexity index is 489. The molecule has 1 unspecified atom stereocenters. The summed E-state index contributed by atoms with van der Waals surface area (Å²) >= 11 is 0. The summed E-state index contributed by atoms with van der Waals surface area (Å²) in [5.41, 5.74) is -1.49. The fourth-order valence-corrected chi connectivity index (χ4v) is 1.47. The summed E-state index contributed by atoms with van der Waals surface area (Å²) in [6.45, 7) is 3.25. The number of rotatable bonds is 4. The number of hydrogen-bond acceptors (Lipinski definition) is 6. The van der Waals surface area contributed by atoms with Crippen molar-refractivity contribution in [2.45, 2.75) is 19.3 Å². The van der Waals surface area contributed by atoms with Crippen molar-refractivity contribution in [3.8, 4) is 12.1 Å². The van der Waals surface area contributed by atoms with Crippen molar-refractivity contribution in [3.05, 3.63) is 24.3 Å². The minimum atomic E-state index is -1.49. The van der Waals surface area contributed by atoms with Crippen molar-refractivity contribution in [2.24, 2.45) is 5.92 Å². The lowest BCUT2D eigenvalue weighted by Gasteiger charge is -2.25. The van der Waals surface area contributed by atoms with E-state index in [9.17, 15) is 4.79 Å². The Kier molecular flexibility index (Phi) is 4.33. The van der Waals surface area contributed by atoms with Crippen molar-refractivity contribution in [1.82, 2.24) is 9.97 Å². The second-order valence-electron chi connectivity index (χ2n) is 3.69. The van der Waals surface area contributed by atoms with E-state index >= 15 is 0 Å². The molecule has 1 heterocycles. The zero-order valence-electron chi connectivity index (χ0n) is 10.1. The lowest BCUT2D eigenvalue weighted by Crippen LogP contribution is -2.42. The van der Waals surface area contributed by atoms with Gasteiger partial charge in [-0.15, -0.1) is 0 Å². The summed E-state index contributed by atoms with van der Waals surface area (Å²) in [6.07, 6.45) is 2.90. The number of nitrogens with zero attached hydrogens (tertiary/aromatic N) is 4. The van der Waals surface area contributed by atoms with Crippen molar-refractivity contribution < 1.29 is 9.53 Å². The number of esters is 1. The Balaban J connectivity index is 3.32. The van der Waals surface area contributed by atoms with Crippen molar-refractivity contribution in [2.75, 3.05) is 6.61 Å². The Labute approximate surface area is 105 Å². The standard InChI is InChI=1S/C12H12N4O2/c1-3-18-11(17)12(2,9(7-13)8-14)10-15-5-4-6-16-10/h4-6,9H,3H2,1-2H3. The van der Waals surface area contributed by atoms with Crippen LogP contribution < -0.4 is 0 Å². The van der Waals surface area contributed by atoms with E-state index in [1.807, 2.05) is 0 Å². The molecule has 0 aromatic carbocycles. The van der Waals surface area contributed by atoms with Crippen LogP contribution in [0.15, 0.2) is 18.5 Å². The van der Waals surface area contributed by atoms with Gasteiger partial charge in [0, 0.05) is 12.4 Å². The molecule has 6 heteroatoms. The van der Waals surface area contributed by atoms with Gasteiger partial charge >= 0.3 is 5.97 Å². The molecule has 0 aliphatic carbocycles. The van der Waals surface area contributed by atoms with Gasteiger partial charge in [0.15, 0.2) is 11.3 Å². The number of ether oxygens (including phenoxy) is 1. The third kappa shape index (κ3) is 2.28. The second kappa shape index (κ2) is 5.74. The quantitative estimate of drug-likeness (QED) is 0.731. The molecular formula is C12H12N4O2. The van der Waals surface area contributed by atoms with Crippen LogP contribution in [0.4, 0.5) is 0 Å². The third-order valence-corrected chi connectivity index (χ3v) is 2.57. The van der Waals surface area contributed by atoms with E-state index < -0.39 is 17.3 Å². The van der Waals surface area contributed by atoms with Crippen LogP contribution >= 0.6 is 0 Å². The van der Waals surface area contributed by atoms with E-state index in [2.05, 4.69) is 9.97 Å². The first kappa shape index (κ1) is 13.6. The first-order chi connectivity index (χ1) is 8.61. The minimum Gasteiger partial charge on any atom is -0.465 e. The van der Waals surface area contributed by atoms with Gasteiger partial charge < -0.3 is 4.74 Å². The molecule has 1 rings (SSSR count). The van der Waals surface area contributed by atoms with E-state index in [0.29, 0.717) is 0 Å². The highest BCUT2D eigenvalue weighted by molar-refractivity contribution is 5.83. The predicted molar refractivity (Wildman–Crippen MR) is 60.7 cm³/mol. The molecule has 0 saturated heterocycles. The molecule has 1 aromatic rings. The third-order valence-electron chi connectivity index (χ3n) is 2.57. The highest BCUT2D eigenvalue weighted by atomic mass is 16.5. The number of aromatic nitrogens is 2. The summed E-state index contributed by atoms with van der Waals surface area (Å²) in [6, 6.07) is 5.16. The van der Waals surface area contributed by atoms with Gasteiger partial charge in [-0.3, -0.25) is 4.79 Å². The number of hydrogen-bond donors (Lipinski definition) is 0. The van der Waals surface area contributed by atoms with E-state index in [-0.39, 0.29) is 12.4 Å². The normalized spacial score (nSPS) is 13.2. The summed E-state index contributed by atoms with van der Waals surface area (Å²) in [4.78, 5) is 19.9. The van der Waals surface area contributed by atoms with Gasteiger partial charge in [0.05, 0.1) is 18.7 Å². The monoisotopic (exact) mass is 244 g/mol. The maximum absolute atomic E-state index is 12.0. The molecule has 0 bridgehead atoms. The van der Waals surface area contributed by atoms with E-state index in [1.54, 1.807) is 25.1 Å². The van der Waals surface area contributed by atoms with Gasteiger partial charge in [-0.2, -0.15) is 10.5 Å².